The van der Waals surface area contributed by atoms with Crippen molar-refractivity contribution in [2.75, 3.05) is 26.2 Å². The summed E-state index contributed by atoms with van der Waals surface area (Å²) < 4.78 is 20.8. The zero-order chi connectivity index (χ0) is 23.4. The van der Waals surface area contributed by atoms with Gasteiger partial charge in [0.2, 0.25) is 0 Å². The summed E-state index contributed by atoms with van der Waals surface area (Å²) in [5.41, 5.74) is 2.71. The fourth-order valence-corrected chi connectivity index (χ4v) is 3.90. The van der Waals surface area contributed by atoms with Crippen LogP contribution in [0.5, 0.6) is 5.75 Å². The van der Waals surface area contributed by atoms with Crippen LogP contribution in [-0.4, -0.2) is 51.7 Å². The summed E-state index contributed by atoms with van der Waals surface area (Å²) in [4.78, 5) is 16.9. The van der Waals surface area contributed by atoms with Crippen molar-refractivity contribution >= 4 is 5.91 Å². The van der Waals surface area contributed by atoms with Gasteiger partial charge in [-0.2, -0.15) is 5.10 Å². The molecule has 1 amide bonds. The van der Waals surface area contributed by atoms with E-state index >= 15 is 0 Å². The second-order valence-corrected chi connectivity index (χ2v) is 9.49. The van der Waals surface area contributed by atoms with Crippen LogP contribution in [0, 0.1) is 5.82 Å². The fourth-order valence-electron chi connectivity index (χ4n) is 3.90. The molecule has 1 aromatic heterocycles. The minimum Gasteiger partial charge on any atom is -0.471 e. The molecule has 0 spiro atoms. The number of amides is 1. The number of carbonyl (C=O) groups is 1. The SMILES string of the molecule is CC(C)(C)c1ccc(OCn2ccc(C(=O)N3CCN(Cc4cccc(F)c4)CC3)n2)cc1. The summed E-state index contributed by atoms with van der Waals surface area (Å²) in [7, 11) is 0. The normalized spacial score (nSPS) is 15.0. The molecule has 33 heavy (non-hydrogen) atoms. The lowest BCUT2D eigenvalue weighted by molar-refractivity contribution is 0.0620. The molecule has 4 rings (SSSR count). The van der Waals surface area contributed by atoms with Gasteiger partial charge in [-0.3, -0.25) is 9.69 Å². The Balaban J connectivity index is 1.26. The number of rotatable bonds is 6. The number of carbonyl (C=O) groups excluding carboxylic acids is 1. The van der Waals surface area contributed by atoms with Gasteiger partial charge in [-0.15, -0.1) is 0 Å². The Hall–Kier alpha value is -3.19. The summed E-state index contributed by atoms with van der Waals surface area (Å²) in [6.45, 7) is 10.2. The molecule has 7 heteroatoms. The Morgan fingerprint density at radius 2 is 1.76 bits per heavy atom. The second-order valence-electron chi connectivity index (χ2n) is 9.49. The first-order valence-corrected chi connectivity index (χ1v) is 11.3. The summed E-state index contributed by atoms with van der Waals surface area (Å²) in [6.07, 6.45) is 1.76. The van der Waals surface area contributed by atoms with Crippen molar-refractivity contribution in [2.24, 2.45) is 0 Å². The van der Waals surface area contributed by atoms with Gasteiger partial charge in [0.1, 0.15) is 11.6 Å². The van der Waals surface area contributed by atoms with E-state index in [9.17, 15) is 9.18 Å². The maximum atomic E-state index is 13.4. The third-order valence-electron chi connectivity index (χ3n) is 5.90. The minimum absolute atomic E-state index is 0.0753. The molecule has 0 radical (unpaired) electrons. The van der Waals surface area contributed by atoms with Gasteiger partial charge in [-0.1, -0.05) is 45.0 Å². The quantitative estimate of drug-likeness (QED) is 0.562. The van der Waals surface area contributed by atoms with Crippen LogP contribution in [0.4, 0.5) is 4.39 Å². The van der Waals surface area contributed by atoms with Gasteiger partial charge in [0, 0.05) is 38.9 Å². The van der Waals surface area contributed by atoms with Gasteiger partial charge in [0.15, 0.2) is 12.4 Å². The molecule has 2 aromatic carbocycles. The largest absolute Gasteiger partial charge is 0.471 e. The first kappa shape index (κ1) is 23.0. The highest BCUT2D eigenvalue weighted by atomic mass is 19.1. The van der Waals surface area contributed by atoms with Gasteiger partial charge in [-0.05, 0) is 46.9 Å². The van der Waals surface area contributed by atoms with Gasteiger partial charge in [0.25, 0.3) is 5.91 Å². The van der Waals surface area contributed by atoms with E-state index in [-0.39, 0.29) is 23.9 Å². The zero-order valence-electron chi connectivity index (χ0n) is 19.5. The van der Waals surface area contributed by atoms with Crippen molar-refractivity contribution in [1.82, 2.24) is 19.6 Å². The predicted octanol–water partition coefficient (Wildman–Crippen LogP) is 4.31. The smallest absolute Gasteiger partial charge is 0.274 e. The third-order valence-corrected chi connectivity index (χ3v) is 5.90. The summed E-state index contributed by atoms with van der Waals surface area (Å²) in [5.74, 6) is 0.470. The van der Waals surface area contributed by atoms with E-state index in [4.69, 9.17) is 4.74 Å². The molecule has 1 saturated heterocycles. The highest BCUT2D eigenvalue weighted by molar-refractivity contribution is 5.92. The first-order valence-electron chi connectivity index (χ1n) is 11.3. The number of ether oxygens (including phenoxy) is 1. The standard InChI is InChI=1S/C26H31FN4O2/c1-26(2,3)21-7-9-23(10-8-21)33-19-31-12-11-24(28-31)25(32)30-15-13-29(14-16-30)18-20-5-4-6-22(27)17-20/h4-12,17H,13-16,18-19H2,1-3H3. The van der Waals surface area contributed by atoms with E-state index in [2.05, 4.69) is 42.9 Å². The Kier molecular flexibility index (Phi) is 6.79. The fraction of sp³-hybridized carbons (Fsp3) is 0.385. The summed E-state index contributed by atoms with van der Waals surface area (Å²) in [6, 6.07) is 16.5. The van der Waals surface area contributed by atoms with Gasteiger partial charge < -0.3 is 9.64 Å². The molecule has 3 aromatic rings. The number of aromatic nitrogens is 2. The van der Waals surface area contributed by atoms with Crippen molar-refractivity contribution in [1.29, 1.82) is 0 Å². The van der Waals surface area contributed by atoms with Crippen LogP contribution in [0.1, 0.15) is 42.4 Å². The number of piperazine rings is 1. The number of nitrogens with zero attached hydrogens (tertiary/aromatic N) is 4. The molecule has 0 N–H and O–H groups in total. The molecule has 2 heterocycles. The average Bonchev–Trinajstić information content (AvgIpc) is 3.27. The summed E-state index contributed by atoms with van der Waals surface area (Å²) >= 11 is 0. The highest BCUT2D eigenvalue weighted by Gasteiger charge is 2.24. The number of benzene rings is 2. The van der Waals surface area contributed by atoms with Crippen LogP contribution in [0.3, 0.4) is 0 Å². The van der Waals surface area contributed by atoms with Gasteiger partial charge >= 0.3 is 0 Å². The number of hydrogen-bond acceptors (Lipinski definition) is 4. The molecule has 0 aliphatic carbocycles. The Bertz CT molecular complexity index is 1080. The molecular weight excluding hydrogens is 419 g/mol. The van der Waals surface area contributed by atoms with Crippen LogP contribution >= 0.6 is 0 Å². The predicted molar refractivity (Wildman–Crippen MR) is 126 cm³/mol. The summed E-state index contributed by atoms with van der Waals surface area (Å²) in [5, 5.41) is 4.40. The monoisotopic (exact) mass is 450 g/mol. The average molecular weight is 451 g/mol. The molecule has 1 aliphatic heterocycles. The van der Waals surface area contributed by atoms with E-state index in [0.717, 1.165) is 24.4 Å². The Morgan fingerprint density at radius 3 is 2.42 bits per heavy atom. The third kappa shape index (κ3) is 5.99. The first-order chi connectivity index (χ1) is 15.8. The highest BCUT2D eigenvalue weighted by Crippen LogP contribution is 2.24. The van der Waals surface area contributed by atoms with E-state index in [1.807, 2.05) is 23.1 Å². The van der Waals surface area contributed by atoms with Crippen LogP contribution in [0.25, 0.3) is 0 Å². The molecule has 0 unspecified atom stereocenters. The lowest BCUT2D eigenvalue weighted by atomic mass is 9.87. The Morgan fingerprint density at radius 1 is 1.03 bits per heavy atom. The number of hydrogen-bond donors (Lipinski definition) is 0. The molecule has 6 nitrogen and oxygen atoms in total. The number of halogens is 1. The molecule has 174 valence electrons. The van der Waals surface area contributed by atoms with Gasteiger partial charge in [0.05, 0.1) is 0 Å². The van der Waals surface area contributed by atoms with Crippen molar-refractivity contribution in [3.63, 3.8) is 0 Å². The van der Waals surface area contributed by atoms with Crippen LogP contribution < -0.4 is 4.74 Å². The molecular formula is C26H31FN4O2. The second kappa shape index (κ2) is 9.75. The molecule has 0 saturated carbocycles. The molecule has 0 bridgehead atoms. The zero-order valence-corrected chi connectivity index (χ0v) is 19.5. The Labute approximate surface area is 194 Å². The molecule has 1 aliphatic rings. The van der Waals surface area contributed by atoms with E-state index in [1.165, 1.54) is 11.6 Å². The van der Waals surface area contributed by atoms with Crippen molar-refractivity contribution in [3.05, 3.63) is 83.4 Å². The molecule has 0 atom stereocenters. The van der Waals surface area contributed by atoms with Crippen LogP contribution in [0.2, 0.25) is 0 Å². The maximum Gasteiger partial charge on any atom is 0.274 e. The van der Waals surface area contributed by atoms with Crippen LogP contribution in [0.15, 0.2) is 60.8 Å². The van der Waals surface area contributed by atoms with E-state index in [0.29, 0.717) is 25.3 Å². The van der Waals surface area contributed by atoms with E-state index < -0.39 is 0 Å². The topological polar surface area (TPSA) is 50.6 Å². The lowest BCUT2D eigenvalue weighted by Crippen LogP contribution is -2.48. The maximum absolute atomic E-state index is 13.4. The van der Waals surface area contributed by atoms with Crippen molar-refractivity contribution in [2.45, 2.75) is 39.5 Å². The molecule has 1 fully saturated rings. The lowest BCUT2D eigenvalue weighted by Gasteiger charge is -2.34. The van der Waals surface area contributed by atoms with Crippen molar-refractivity contribution in [3.8, 4) is 5.75 Å². The van der Waals surface area contributed by atoms with E-state index in [1.54, 1.807) is 29.1 Å². The van der Waals surface area contributed by atoms with Gasteiger partial charge in [-0.25, -0.2) is 9.07 Å². The minimum atomic E-state index is -0.220. The van der Waals surface area contributed by atoms with Crippen LogP contribution in [-0.2, 0) is 18.7 Å². The van der Waals surface area contributed by atoms with Crippen molar-refractivity contribution < 1.29 is 13.9 Å².